The molecule has 21 heavy (non-hydrogen) atoms. The van der Waals surface area contributed by atoms with Crippen molar-refractivity contribution in [1.82, 2.24) is 5.32 Å². The van der Waals surface area contributed by atoms with E-state index in [1.165, 1.54) is 22.4 Å². The fourth-order valence-electron chi connectivity index (χ4n) is 2.60. The maximum absolute atomic E-state index is 13.2. The van der Waals surface area contributed by atoms with Crippen LogP contribution in [0.4, 0.5) is 4.39 Å². The van der Waals surface area contributed by atoms with E-state index < -0.39 is 0 Å². The van der Waals surface area contributed by atoms with E-state index >= 15 is 0 Å². The van der Waals surface area contributed by atoms with E-state index in [0.29, 0.717) is 5.56 Å². The number of nitrogens with one attached hydrogen (secondary N) is 1. The highest BCUT2D eigenvalue weighted by molar-refractivity contribution is 5.85. The lowest BCUT2D eigenvalue weighted by Crippen LogP contribution is -2.13. The van der Waals surface area contributed by atoms with Gasteiger partial charge in [-0.15, -0.1) is 0 Å². The molecule has 0 radical (unpaired) electrons. The number of halogens is 1. The molecule has 1 nitrogen and oxygen atoms in total. The third-order valence-electron chi connectivity index (χ3n) is 3.75. The van der Waals surface area contributed by atoms with Gasteiger partial charge in [-0.05, 0) is 40.5 Å². The molecule has 106 valence electrons. The van der Waals surface area contributed by atoms with Gasteiger partial charge in [0, 0.05) is 13.1 Å². The van der Waals surface area contributed by atoms with Crippen LogP contribution in [0.2, 0.25) is 0 Å². The van der Waals surface area contributed by atoms with Crippen LogP contribution in [0.25, 0.3) is 10.8 Å². The Labute approximate surface area is 124 Å². The number of fused-ring (bicyclic) bond motifs is 1. The third-order valence-corrected chi connectivity index (χ3v) is 3.75. The van der Waals surface area contributed by atoms with Crippen molar-refractivity contribution in [2.45, 2.75) is 20.0 Å². The van der Waals surface area contributed by atoms with E-state index in [2.05, 4.69) is 47.8 Å². The predicted octanol–water partition coefficient (Wildman–Crippen LogP) is 4.58. The Hall–Kier alpha value is -2.19. The molecule has 0 aromatic heterocycles. The molecule has 0 bridgehead atoms. The van der Waals surface area contributed by atoms with Crippen molar-refractivity contribution in [3.8, 4) is 0 Å². The average molecular weight is 279 g/mol. The first-order valence-electron chi connectivity index (χ1n) is 7.16. The molecule has 0 spiro atoms. The van der Waals surface area contributed by atoms with Crippen LogP contribution in [0.3, 0.4) is 0 Å². The fourth-order valence-corrected chi connectivity index (χ4v) is 2.60. The van der Waals surface area contributed by atoms with Gasteiger partial charge >= 0.3 is 0 Å². The Kier molecular flexibility index (Phi) is 3.98. The molecule has 0 saturated carbocycles. The fraction of sp³-hybridized carbons (Fsp3) is 0.158. The number of hydrogen-bond donors (Lipinski definition) is 1. The molecule has 0 unspecified atom stereocenters. The number of benzene rings is 3. The SMILES string of the molecule is Cc1cc(CNCc2cccc3ccccc23)ccc1F. The van der Waals surface area contributed by atoms with Gasteiger partial charge < -0.3 is 5.32 Å². The minimum atomic E-state index is -0.146. The van der Waals surface area contributed by atoms with E-state index in [4.69, 9.17) is 0 Å². The molecule has 0 fully saturated rings. The zero-order chi connectivity index (χ0) is 14.7. The maximum atomic E-state index is 13.2. The van der Waals surface area contributed by atoms with Crippen molar-refractivity contribution >= 4 is 10.8 Å². The number of hydrogen-bond acceptors (Lipinski definition) is 1. The lowest BCUT2D eigenvalue weighted by molar-refractivity contribution is 0.615. The minimum absolute atomic E-state index is 0.146. The van der Waals surface area contributed by atoms with E-state index in [1.807, 2.05) is 12.1 Å². The Bertz CT molecular complexity index is 759. The maximum Gasteiger partial charge on any atom is 0.126 e. The van der Waals surface area contributed by atoms with Crippen molar-refractivity contribution in [3.05, 3.63) is 83.2 Å². The highest BCUT2D eigenvalue weighted by atomic mass is 19.1. The van der Waals surface area contributed by atoms with Gasteiger partial charge in [-0.3, -0.25) is 0 Å². The van der Waals surface area contributed by atoms with Gasteiger partial charge in [0.25, 0.3) is 0 Å². The molecule has 2 heteroatoms. The van der Waals surface area contributed by atoms with Crippen molar-refractivity contribution in [1.29, 1.82) is 0 Å². The summed E-state index contributed by atoms with van der Waals surface area (Å²) in [5.74, 6) is -0.146. The molecule has 3 rings (SSSR count). The van der Waals surface area contributed by atoms with Crippen LogP contribution >= 0.6 is 0 Å². The van der Waals surface area contributed by atoms with E-state index in [-0.39, 0.29) is 5.82 Å². The molecular formula is C19H18FN. The molecule has 1 N–H and O–H groups in total. The van der Waals surface area contributed by atoms with Crippen molar-refractivity contribution < 1.29 is 4.39 Å². The van der Waals surface area contributed by atoms with E-state index in [1.54, 1.807) is 6.92 Å². The first kappa shape index (κ1) is 13.8. The molecule has 0 amide bonds. The van der Waals surface area contributed by atoms with E-state index in [9.17, 15) is 4.39 Å². The highest BCUT2D eigenvalue weighted by Crippen LogP contribution is 2.18. The number of aryl methyl sites for hydroxylation is 1. The average Bonchev–Trinajstić information content (AvgIpc) is 2.51. The molecule has 3 aromatic carbocycles. The predicted molar refractivity (Wildman–Crippen MR) is 85.6 cm³/mol. The van der Waals surface area contributed by atoms with Crippen LogP contribution in [0, 0.1) is 12.7 Å². The molecule has 0 aliphatic heterocycles. The second-order valence-corrected chi connectivity index (χ2v) is 5.33. The molecule has 0 aliphatic rings. The lowest BCUT2D eigenvalue weighted by atomic mass is 10.0. The van der Waals surface area contributed by atoms with Gasteiger partial charge in [0.1, 0.15) is 5.82 Å². The molecule has 0 heterocycles. The van der Waals surface area contributed by atoms with Crippen LogP contribution in [-0.2, 0) is 13.1 Å². The first-order chi connectivity index (χ1) is 10.2. The summed E-state index contributed by atoms with van der Waals surface area (Å²) in [4.78, 5) is 0. The summed E-state index contributed by atoms with van der Waals surface area (Å²) in [5.41, 5.74) is 3.08. The standard InChI is InChI=1S/C19H18FN/c1-14-11-15(9-10-19(14)20)12-21-13-17-7-4-6-16-5-2-3-8-18(16)17/h2-11,21H,12-13H2,1H3. The summed E-state index contributed by atoms with van der Waals surface area (Å²) < 4.78 is 13.2. The molecule has 0 aliphatic carbocycles. The van der Waals surface area contributed by atoms with Crippen molar-refractivity contribution in [2.75, 3.05) is 0 Å². The number of rotatable bonds is 4. The molecule has 0 saturated heterocycles. The van der Waals surface area contributed by atoms with Crippen LogP contribution in [0.5, 0.6) is 0 Å². The Morgan fingerprint density at radius 1 is 0.905 bits per heavy atom. The molecule has 0 atom stereocenters. The normalized spacial score (nSPS) is 11.0. The Balaban J connectivity index is 1.70. The largest absolute Gasteiger partial charge is 0.309 e. The smallest absolute Gasteiger partial charge is 0.126 e. The summed E-state index contributed by atoms with van der Waals surface area (Å²) >= 11 is 0. The zero-order valence-corrected chi connectivity index (χ0v) is 12.1. The van der Waals surface area contributed by atoms with Gasteiger partial charge in [-0.2, -0.15) is 0 Å². The van der Waals surface area contributed by atoms with Gasteiger partial charge in [-0.25, -0.2) is 4.39 Å². The topological polar surface area (TPSA) is 12.0 Å². The summed E-state index contributed by atoms with van der Waals surface area (Å²) in [5, 5.41) is 5.97. The van der Waals surface area contributed by atoms with Crippen LogP contribution in [-0.4, -0.2) is 0 Å². The van der Waals surface area contributed by atoms with Crippen LogP contribution in [0.15, 0.2) is 60.7 Å². The van der Waals surface area contributed by atoms with Crippen molar-refractivity contribution in [2.24, 2.45) is 0 Å². The van der Waals surface area contributed by atoms with Crippen LogP contribution in [0.1, 0.15) is 16.7 Å². The minimum Gasteiger partial charge on any atom is -0.309 e. The second-order valence-electron chi connectivity index (χ2n) is 5.33. The summed E-state index contributed by atoms with van der Waals surface area (Å²) in [6.45, 7) is 3.34. The Morgan fingerprint density at radius 2 is 1.71 bits per heavy atom. The summed E-state index contributed by atoms with van der Waals surface area (Å²) in [6.07, 6.45) is 0. The summed E-state index contributed by atoms with van der Waals surface area (Å²) in [6, 6.07) is 20.0. The molecule has 3 aromatic rings. The summed E-state index contributed by atoms with van der Waals surface area (Å²) in [7, 11) is 0. The van der Waals surface area contributed by atoms with E-state index in [0.717, 1.165) is 18.7 Å². The highest BCUT2D eigenvalue weighted by Gasteiger charge is 2.01. The second kappa shape index (κ2) is 6.06. The van der Waals surface area contributed by atoms with Crippen LogP contribution < -0.4 is 5.32 Å². The third kappa shape index (κ3) is 3.11. The lowest BCUT2D eigenvalue weighted by Gasteiger charge is -2.09. The van der Waals surface area contributed by atoms with Crippen molar-refractivity contribution in [3.63, 3.8) is 0 Å². The van der Waals surface area contributed by atoms with Gasteiger partial charge in [0.2, 0.25) is 0 Å². The quantitative estimate of drug-likeness (QED) is 0.737. The molecular weight excluding hydrogens is 261 g/mol. The zero-order valence-electron chi connectivity index (χ0n) is 12.1. The van der Waals surface area contributed by atoms with Gasteiger partial charge in [0.05, 0.1) is 0 Å². The monoisotopic (exact) mass is 279 g/mol. The first-order valence-corrected chi connectivity index (χ1v) is 7.16. The van der Waals surface area contributed by atoms with Gasteiger partial charge in [-0.1, -0.05) is 54.6 Å². The van der Waals surface area contributed by atoms with Gasteiger partial charge in [0.15, 0.2) is 0 Å². The Morgan fingerprint density at radius 3 is 2.57 bits per heavy atom.